The monoisotopic (exact) mass is 352 g/mol. The molecule has 1 fully saturated rings. The second-order valence-electron chi connectivity index (χ2n) is 4.62. The Morgan fingerprint density at radius 2 is 1.23 bits per heavy atom. The van der Waals surface area contributed by atoms with Gasteiger partial charge in [0, 0.05) is 6.42 Å². The highest BCUT2D eigenvalue weighted by molar-refractivity contribution is 5.12. The average molecular weight is 352 g/mol. The maximum absolute atomic E-state index is 13.3. The van der Waals surface area contributed by atoms with Crippen molar-refractivity contribution < 1.29 is 53.0 Å². The molecule has 0 spiro atoms. The molecule has 0 N–H and O–H groups in total. The highest BCUT2D eigenvalue weighted by atomic mass is 19.4. The highest BCUT2D eigenvalue weighted by Gasteiger charge is 2.89. The van der Waals surface area contributed by atoms with Crippen LogP contribution in [0.1, 0.15) is 12.8 Å². The molecule has 1 saturated heterocycles. The normalized spacial score (nSPS) is 21.4. The second-order valence-corrected chi connectivity index (χ2v) is 4.62. The average Bonchev–Trinajstić information content (AvgIpc) is 2.21. The Hall–Kier alpha value is -1.23. The quantitative estimate of drug-likeness (QED) is 0.662. The van der Waals surface area contributed by atoms with Crippen LogP contribution >= 0.6 is 0 Å². The van der Waals surface area contributed by atoms with Gasteiger partial charge in [0.15, 0.2) is 0 Å². The zero-order valence-corrected chi connectivity index (χ0v) is 10.3. The molecule has 130 valence electrons. The van der Waals surface area contributed by atoms with Crippen molar-refractivity contribution >= 4 is 0 Å². The van der Waals surface area contributed by atoms with E-state index >= 15 is 0 Å². The Labute approximate surface area is 115 Å². The van der Waals surface area contributed by atoms with E-state index in [1.807, 2.05) is 0 Å². The lowest BCUT2D eigenvalue weighted by molar-refractivity contribution is -0.428. The first-order chi connectivity index (χ1) is 9.47. The van der Waals surface area contributed by atoms with Crippen LogP contribution in [0.5, 0.6) is 0 Å². The standard InChI is InChI=1S/C10H7F11O/c1-4-2-5(22-4)3-6(11,12)8(14,15)7(13,9(16,17)18)10(19,20)21/h5H,1-3H2. The van der Waals surface area contributed by atoms with Gasteiger partial charge < -0.3 is 4.74 Å². The van der Waals surface area contributed by atoms with Crippen LogP contribution in [0, 0.1) is 0 Å². The van der Waals surface area contributed by atoms with Crippen LogP contribution in [0.25, 0.3) is 0 Å². The van der Waals surface area contributed by atoms with Crippen molar-refractivity contribution in [2.45, 2.75) is 48.8 Å². The summed E-state index contributed by atoms with van der Waals surface area (Å²) in [6.07, 6.45) is -19.1. The molecule has 0 saturated carbocycles. The summed E-state index contributed by atoms with van der Waals surface area (Å²) in [7, 11) is 0. The third kappa shape index (κ3) is 2.60. The Balaban J connectivity index is 3.24. The van der Waals surface area contributed by atoms with Gasteiger partial charge in [-0.25, -0.2) is 4.39 Å². The Kier molecular flexibility index (Phi) is 4.18. The number of hydrogen-bond donors (Lipinski definition) is 0. The van der Waals surface area contributed by atoms with Gasteiger partial charge in [0.1, 0.15) is 6.10 Å². The topological polar surface area (TPSA) is 9.23 Å². The van der Waals surface area contributed by atoms with Crippen molar-refractivity contribution in [3.8, 4) is 0 Å². The number of halogens is 11. The van der Waals surface area contributed by atoms with Gasteiger partial charge in [-0.2, -0.15) is 43.9 Å². The summed E-state index contributed by atoms with van der Waals surface area (Å²) in [4.78, 5) is 0. The first-order valence-electron chi connectivity index (χ1n) is 5.40. The summed E-state index contributed by atoms with van der Waals surface area (Å²) in [5.74, 6) is -13.2. The predicted molar refractivity (Wildman–Crippen MR) is 49.1 cm³/mol. The maximum atomic E-state index is 13.3. The molecular weight excluding hydrogens is 345 g/mol. The van der Waals surface area contributed by atoms with E-state index in [0.717, 1.165) is 0 Å². The molecule has 1 atom stereocenters. The third-order valence-corrected chi connectivity index (χ3v) is 2.95. The summed E-state index contributed by atoms with van der Waals surface area (Å²) in [5, 5.41) is 0. The summed E-state index contributed by atoms with van der Waals surface area (Å²) < 4.78 is 143. The molecule has 22 heavy (non-hydrogen) atoms. The molecule has 0 aromatic carbocycles. The number of alkyl halides is 11. The Bertz CT molecular complexity index is 425. The van der Waals surface area contributed by atoms with E-state index in [4.69, 9.17) is 0 Å². The minimum absolute atomic E-state index is 0.165. The molecule has 0 aromatic rings. The van der Waals surface area contributed by atoms with E-state index in [9.17, 15) is 48.3 Å². The summed E-state index contributed by atoms with van der Waals surface area (Å²) in [6, 6.07) is 0. The third-order valence-electron chi connectivity index (χ3n) is 2.95. The molecule has 1 aliphatic rings. The maximum Gasteiger partial charge on any atom is 0.438 e. The van der Waals surface area contributed by atoms with Crippen LogP contribution < -0.4 is 0 Å². The van der Waals surface area contributed by atoms with Crippen molar-refractivity contribution in [1.29, 1.82) is 0 Å². The number of rotatable bonds is 4. The van der Waals surface area contributed by atoms with E-state index in [-0.39, 0.29) is 5.76 Å². The zero-order valence-electron chi connectivity index (χ0n) is 10.3. The van der Waals surface area contributed by atoms with Crippen LogP contribution in [-0.2, 0) is 4.74 Å². The van der Waals surface area contributed by atoms with E-state index in [2.05, 4.69) is 11.3 Å². The van der Waals surface area contributed by atoms with Crippen LogP contribution in [0.2, 0.25) is 0 Å². The van der Waals surface area contributed by atoms with Gasteiger partial charge in [0.2, 0.25) is 0 Å². The van der Waals surface area contributed by atoms with E-state index in [1.54, 1.807) is 0 Å². The van der Waals surface area contributed by atoms with Crippen LogP contribution in [0.3, 0.4) is 0 Å². The van der Waals surface area contributed by atoms with Gasteiger partial charge in [0.05, 0.1) is 12.2 Å². The fraction of sp³-hybridized carbons (Fsp3) is 0.800. The molecule has 1 unspecified atom stereocenters. The van der Waals surface area contributed by atoms with Gasteiger partial charge in [-0.15, -0.1) is 0 Å². The second kappa shape index (κ2) is 4.88. The first kappa shape index (κ1) is 18.8. The summed E-state index contributed by atoms with van der Waals surface area (Å²) in [6.45, 7) is 3.04. The smallest absolute Gasteiger partial charge is 0.438 e. The lowest BCUT2D eigenvalue weighted by atomic mass is 9.87. The van der Waals surface area contributed by atoms with Crippen LogP contribution in [0.15, 0.2) is 12.3 Å². The van der Waals surface area contributed by atoms with Crippen molar-refractivity contribution in [1.82, 2.24) is 0 Å². The summed E-state index contributed by atoms with van der Waals surface area (Å²) >= 11 is 0. The minimum Gasteiger partial charge on any atom is -0.495 e. The van der Waals surface area contributed by atoms with Gasteiger partial charge >= 0.3 is 29.9 Å². The first-order valence-corrected chi connectivity index (χ1v) is 5.40. The lowest BCUT2D eigenvalue weighted by Gasteiger charge is -2.41. The van der Waals surface area contributed by atoms with Crippen molar-refractivity contribution in [2.24, 2.45) is 0 Å². The SMILES string of the molecule is C=C1CC(CC(F)(F)C(F)(F)C(F)(C(F)(F)F)C(F)(F)F)O1. The van der Waals surface area contributed by atoms with E-state index in [1.165, 1.54) is 0 Å². The molecule has 1 aliphatic heterocycles. The molecule has 12 heteroatoms. The number of ether oxygens (including phenoxy) is 1. The molecule has 0 aliphatic carbocycles. The largest absolute Gasteiger partial charge is 0.495 e. The molecule has 0 radical (unpaired) electrons. The number of hydrogen-bond acceptors (Lipinski definition) is 1. The molecule has 1 nitrogen and oxygen atoms in total. The Morgan fingerprint density at radius 1 is 0.864 bits per heavy atom. The van der Waals surface area contributed by atoms with Crippen molar-refractivity contribution in [3.05, 3.63) is 12.3 Å². The predicted octanol–water partition coefficient (Wildman–Crippen LogP) is 4.78. The molecular formula is C10H7F11O. The van der Waals surface area contributed by atoms with E-state index in [0.29, 0.717) is 0 Å². The van der Waals surface area contributed by atoms with E-state index < -0.39 is 48.8 Å². The zero-order chi connectivity index (χ0) is 17.8. The van der Waals surface area contributed by atoms with Crippen LogP contribution in [0.4, 0.5) is 48.3 Å². The van der Waals surface area contributed by atoms with Gasteiger partial charge in [-0.1, -0.05) is 6.58 Å². The highest BCUT2D eigenvalue weighted by Crippen LogP contribution is 2.60. The lowest BCUT2D eigenvalue weighted by Crippen LogP contribution is -2.70. The Morgan fingerprint density at radius 3 is 1.50 bits per heavy atom. The van der Waals surface area contributed by atoms with Crippen molar-refractivity contribution in [2.75, 3.05) is 0 Å². The molecule has 0 bridgehead atoms. The fourth-order valence-corrected chi connectivity index (χ4v) is 1.78. The van der Waals surface area contributed by atoms with Gasteiger partial charge in [0.25, 0.3) is 0 Å². The minimum atomic E-state index is -7.41. The van der Waals surface area contributed by atoms with Crippen molar-refractivity contribution in [3.63, 3.8) is 0 Å². The van der Waals surface area contributed by atoms with Gasteiger partial charge in [-0.3, -0.25) is 0 Å². The molecule has 1 heterocycles. The van der Waals surface area contributed by atoms with Crippen LogP contribution in [-0.4, -0.2) is 36.0 Å². The van der Waals surface area contributed by atoms with Gasteiger partial charge in [-0.05, 0) is 0 Å². The summed E-state index contributed by atoms with van der Waals surface area (Å²) in [5.41, 5.74) is -7.41. The molecule has 0 aromatic heterocycles. The molecule has 1 rings (SSSR count). The fourth-order valence-electron chi connectivity index (χ4n) is 1.78. The molecule has 0 amide bonds.